The molecule has 0 amide bonds. The van der Waals surface area contributed by atoms with Gasteiger partial charge in [-0.3, -0.25) is 0 Å². The Morgan fingerprint density at radius 3 is 2.44 bits per heavy atom. The molecule has 0 bridgehead atoms. The highest BCUT2D eigenvalue weighted by Crippen LogP contribution is 2.41. The lowest BCUT2D eigenvalue weighted by Gasteiger charge is -2.36. The smallest absolute Gasteiger partial charge is 0.0965 e. The van der Waals surface area contributed by atoms with Crippen molar-refractivity contribution in [1.29, 1.82) is 0 Å². The van der Waals surface area contributed by atoms with Crippen molar-refractivity contribution in [3.05, 3.63) is 11.3 Å². The molecular formula is C14H24O2. The Hall–Kier alpha value is -0.500. The Labute approximate surface area is 98.4 Å². The minimum Gasteiger partial charge on any atom is -0.512 e. The summed E-state index contributed by atoms with van der Waals surface area (Å²) in [6, 6.07) is 0. The number of hydrogen-bond donors (Lipinski definition) is 2. The zero-order valence-electron chi connectivity index (χ0n) is 10.3. The van der Waals surface area contributed by atoms with Crippen LogP contribution in [0.4, 0.5) is 0 Å². The zero-order chi connectivity index (χ0) is 11.5. The molecule has 2 aliphatic carbocycles. The van der Waals surface area contributed by atoms with Crippen molar-refractivity contribution in [2.75, 3.05) is 6.61 Å². The lowest BCUT2D eigenvalue weighted by Crippen LogP contribution is -2.27. The van der Waals surface area contributed by atoms with Crippen LogP contribution in [0.2, 0.25) is 0 Å². The van der Waals surface area contributed by atoms with E-state index in [9.17, 15) is 10.2 Å². The molecule has 0 saturated heterocycles. The molecule has 0 aliphatic heterocycles. The van der Waals surface area contributed by atoms with Gasteiger partial charge < -0.3 is 10.2 Å². The summed E-state index contributed by atoms with van der Waals surface area (Å²) in [5.41, 5.74) is 1.11. The fourth-order valence-electron chi connectivity index (χ4n) is 3.53. The molecule has 1 saturated carbocycles. The van der Waals surface area contributed by atoms with Gasteiger partial charge in [0.1, 0.15) is 0 Å². The van der Waals surface area contributed by atoms with E-state index in [0.29, 0.717) is 11.7 Å². The highest BCUT2D eigenvalue weighted by Gasteiger charge is 2.32. The third kappa shape index (κ3) is 2.42. The molecule has 16 heavy (non-hydrogen) atoms. The van der Waals surface area contributed by atoms with Gasteiger partial charge in [0, 0.05) is 5.92 Å². The predicted octanol–water partition coefficient (Wildman–Crippen LogP) is 3.42. The molecule has 2 unspecified atom stereocenters. The van der Waals surface area contributed by atoms with Crippen molar-refractivity contribution in [3.63, 3.8) is 0 Å². The molecular weight excluding hydrogens is 200 g/mol. The Bertz CT molecular complexity index is 264. The van der Waals surface area contributed by atoms with Crippen molar-refractivity contribution in [2.24, 2.45) is 17.8 Å². The largest absolute Gasteiger partial charge is 0.512 e. The first-order chi connectivity index (χ1) is 7.72. The molecule has 2 nitrogen and oxygen atoms in total. The maximum absolute atomic E-state index is 9.87. The van der Waals surface area contributed by atoms with Gasteiger partial charge in [0.15, 0.2) is 0 Å². The van der Waals surface area contributed by atoms with Gasteiger partial charge in [-0.2, -0.15) is 0 Å². The minimum absolute atomic E-state index is 0.0145. The number of allylic oxidation sites excluding steroid dienone is 1. The van der Waals surface area contributed by atoms with E-state index in [1.165, 1.54) is 32.1 Å². The Morgan fingerprint density at radius 2 is 1.81 bits per heavy atom. The van der Waals surface area contributed by atoms with Crippen LogP contribution < -0.4 is 0 Å². The van der Waals surface area contributed by atoms with E-state index in [2.05, 4.69) is 0 Å². The van der Waals surface area contributed by atoms with Gasteiger partial charge in [-0.15, -0.1) is 0 Å². The summed E-state index contributed by atoms with van der Waals surface area (Å²) < 4.78 is 0. The van der Waals surface area contributed by atoms with Crippen molar-refractivity contribution in [3.8, 4) is 0 Å². The van der Waals surface area contributed by atoms with Crippen LogP contribution in [0.25, 0.3) is 0 Å². The van der Waals surface area contributed by atoms with Gasteiger partial charge in [0.05, 0.1) is 12.4 Å². The van der Waals surface area contributed by atoms with Crippen molar-refractivity contribution in [1.82, 2.24) is 0 Å². The van der Waals surface area contributed by atoms with Gasteiger partial charge in [0.25, 0.3) is 0 Å². The van der Waals surface area contributed by atoms with Gasteiger partial charge in [-0.1, -0.05) is 32.1 Å². The first kappa shape index (κ1) is 12.0. The molecule has 0 spiro atoms. The SMILES string of the molecule is CC1=C(O)C(CO)CC(C2CCCCC2)C1. The molecule has 0 aromatic carbocycles. The molecule has 0 radical (unpaired) electrons. The second-order valence-electron chi connectivity index (χ2n) is 5.64. The van der Waals surface area contributed by atoms with E-state index in [1.807, 2.05) is 6.92 Å². The van der Waals surface area contributed by atoms with Crippen molar-refractivity contribution < 1.29 is 10.2 Å². The molecule has 0 aromatic rings. The van der Waals surface area contributed by atoms with E-state index in [4.69, 9.17) is 0 Å². The predicted molar refractivity (Wildman–Crippen MR) is 65.2 cm³/mol. The van der Waals surface area contributed by atoms with Crippen molar-refractivity contribution in [2.45, 2.75) is 51.9 Å². The second-order valence-corrected chi connectivity index (χ2v) is 5.64. The zero-order valence-corrected chi connectivity index (χ0v) is 10.3. The molecule has 2 atom stereocenters. The highest BCUT2D eigenvalue weighted by molar-refractivity contribution is 5.13. The Balaban J connectivity index is 2.02. The maximum atomic E-state index is 9.87. The number of aliphatic hydroxyl groups is 2. The third-order valence-corrected chi connectivity index (χ3v) is 4.52. The van der Waals surface area contributed by atoms with E-state index >= 15 is 0 Å². The summed E-state index contributed by atoms with van der Waals surface area (Å²) >= 11 is 0. The summed E-state index contributed by atoms with van der Waals surface area (Å²) in [6.07, 6.45) is 8.90. The Morgan fingerprint density at radius 1 is 1.12 bits per heavy atom. The van der Waals surface area contributed by atoms with Crippen LogP contribution in [0.1, 0.15) is 51.9 Å². The van der Waals surface area contributed by atoms with Gasteiger partial charge in [-0.25, -0.2) is 0 Å². The first-order valence-corrected chi connectivity index (χ1v) is 6.71. The third-order valence-electron chi connectivity index (χ3n) is 4.52. The second kappa shape index (κ2) is 5.22. The standard InChI is InChI=1S/C14H24O2/c1-10-7-12(8-13(9-15)14(10)16)11-5-3-2-4-6-11/h11-13,15-16H,2-9H2,1H3. The number of hydrogen-bond acceptors (Lipinski definition) is 2. The van der Waals surface area contributed by atoms with Crippen LogP contribution in [-0.2, 0) is 0 Å². The van der Waals surface area contributed by atoms with Gasteiger partial charge in [-0.05, 0) is 37.2 Å². The molecule has 2 rings (SSSR count). The van der Waals surface area contributed by atoms with E-state index < -0.39 is 0 Å². The number of aliphatic hydroxyl groups excluding tert-OH is 2. The van der Waals surface area contributed by atoms with Crippen LogP contribution in [0, 0.1) is 17.8 Å². The van der Waals surface area contributed by atoms with Crippen LogP contribution in [0.3, 0.4) is 0 Å². The van der Waals surface area contributed by atoms with Crippen LogP contribution in [0.15, 0.2) is 11.3 Å². The molecule has 0 aromatic heterocycles. The van der Waals surface area contributed by atoms with E-state index in [0.717, 1.165) is 24.3 Å². The van der Waals surface area contributed by atoms with E-state index in [-0.39, 0.29) is 12.5 Å². The normalized spacial score (nSPS) is 33.1. The first-order valence-electron chi connectivity index (χ1n) is 6.71. The summed E-state index contributed by atoms with van der Waals surface area (Å²) in [6.45, 7) is 2.12. The molecule has 1 fully saturated rings. The van der Waals surface area contributed by atoms with Crippen molar-refractivity contribution >= 4 is 0 Å². The summed E-state index contributed by atoms with van der Waals surface area (Å²) in [5.74, 6) is 2.02. The average molecular weight is 224 g/mol. The Kier molecular flexibility index (Phi) is 3.91. The molecule has 2 heteroatoms. The summed E-state index contributed by atoms with van der Waals surface area (Å²) in [4.78, 5) is 0. The monoisotopic (exact) mass is 224 g/mol. The summed E-state index contributed by atoms with van der Waals surface area (Å²) in [5, 5.41) is 19.2. The summed E-state index contributed by atoms with van der Waals surface area (Å²) in [7, 11) is 0. The quantitative estimate of drug-likeness (QED) is 0.754. The lowest BCUT2D eigenvalue weighted by molar-refractivity contribution is 0.130. The average Bonchev–Trinajstić information content (AvgIpc) is 2.33. The fraction of sp³-hybridized carbons (Fsp3) is 0.857. The van der Waals surface area contributed by atoms with Gasteiger partial charge in [0.2, 0.25) is 0 Å². The van der Waals surface area contributed by atoms with Crippen LogP contribution in [-0.4, -0.2) is 16.8 Å². The molecule has 2 N–H and O–H groups in total. The minimum atomic E-state index is 0.0145. The molecule has 0 heterocycles. The highest BCUT2D eigenvalue weighted by atomic mass is 16.3. The number of rotatable bonds is 2. The molecule has 92 valence electrons. The topological polar surface area (TPSA) is 40.5 Å². The molecule has 2 aliphatic rings. The fourth-order valence-corrected chi connectivity index (χ4v) is 3.53. The van der Waals surface area contributed by atoms with Gasteiger partial charge >= 0.3 is 0 Å². The lowest BCUT2D eigenvalue weighted by atomic mass is 9.70. The maximum Gasteiger partial charge on any atom is 0.0965 e. The van der Waals surface area contributed by atoms with Crippen LogP contribution in [0.5, 0.6) is 0 Å². The van der Waals surface area contributed by atoms with E-state index in [1.54, 1.807) is 0 Å². The van der Waals surface area contributed by atoms with Crippen LogP contribution >= 0.6 is 0 Å².